The Morgan fingerprint density at radius 2 is 1.64 bits per heavy atom. The van der Waals surface area contributed by atoms with Crippen LogP contribution >= 0.6 is 0 Å². The van der Waals surface area contributed by atoms with Crippen molar-refractivity contribution < 1.29 is 49.2 Å². The minimum absolute atomic E-state index is 0.00424. The van der Waals surface area contributed by atoms with Gasteiger partial charge in [-0.15, -0.1) is 0 Å². The van der Waals surface area contributed by atoms with Gasteiger partial charge in [0.05, 0.1) is 42.3 Å². The molecule has 9 nitrogen and oxygen atoms in total. The van der Waals surface area contributed by atoms with E-state index in [4.69, 9.17) is 4.52 Å². The van der Waals surface area contributed by atoms with Crippen LogP contribution in [0.25, 0.3) is 5.65 Å². The fraction of sp³-hybridized carbons (Fsp3) is 0.607. The smallest absolute Gasteiger partial charge is 0.364 e. The summed E-state index contributed by atoms with van der Waals surface area (Å²) in [6, 6.07) is 0.0840. The van der Waals surface area contributed by atoms with Gasteiger partial charge in [-0.3, -0.25) is 9.59 Å². The highest BCUT2D eigenvalue weighted by atomic mass is 19.4. The van der Waals surface area contributed by atoms with Crippen molar-refractivity contribution in [3.63, 3.8) is 0 Å². The quantitative estimate of drug-likeness (QED) is 0.232. The molecule has 2 saturated carbocycles. The Labute approximate surface area is 251 Å². The number of hydrogen-bond acceptors (Lipinski definition) is 6. The average Bonchev–Trinajstić information content (AvgIpc) is 3.52. The lowest BCUT2D eigenvalue weighted by Crippen LogP contribution is -2.37. The number of fused-ring (bicyclic) bond motifs is 1. The molecular weight excluding hydrogens is 620 g/mol. The maximum Gasteiger partial charge on any atom is 0.389 e. The summed E-state index contributed by atoms with van der Waals surface area (Å²) < 4.78 is 110. The molecule has 17 heteroatoms. The van der Waals surface area contributed by atoms with Crippen LogP contribution in [0.4, 0.5) is 35.1 Å². The van der Waals surface area contributed by atoms with Crippen LogP contribution in [0, 0.1) is 11.8 Å². The summed E-state index contributed by atoms with van der Waals surface area (Å²) in [5.41, 5.74) is 0.619. The molecule has 2 aliphatic carbocycles. The Hall–Kier alpha value is -3.79. The van der Waals surface area contributed by atoms with E-state index in [9.17, 15) is 44.7 Å². The van der Waals surface area contributed by atoms with Gasteiger partial charge in [-0.2, -0.15) is 31.4 Å². The number of halogens is 8. The van der Waals surface area contributed by atoms with Gasteiger partial charge in [0.15, 0.2) is 5.65 Å². The number of aromatic nitrogens is 4. The number of hydrogen-bond donors (Lipinski definition) is 2. The first-order chi connectivity index (χ1) is 21.1. The largest absolute Gasteiger partial charge is 0.389 e. The fourth-order valence-corrected chi connectivity index (χ4v) is 5.57. The molecule has 2 N–H and O–H groups in total. The van der Waals surface area contributed by atoms with Crippen molar-refractivity contribution in [3.8, 4) is 0 Å². The first kappa shape index (κ1) is 32.6. The molecule has 2 amide bonds. The summed E-state index contributed by atoms with van der Waals surface area (Å²) in [4.78, 5) is 30.1. The van der Waals surface area contributed by atoms with Crippen molar-refractivity contribution in [1.29, 1.82) is 0 Å². The predicted octanol–water partition coefficient (Wildman–Crippen LogP) is 6.42. The van der Waals surface area contributed by atoms with Crippen LogP contribution in [0.5, 0.6) is 0 Å². The molecule has 0 saturated heterocycles. The van der Waals surface area contributed by atoms with Crippen LogP contribution < -0.4 is 10.6 Å². The van der Waals surface area contributed by atoms with Crippen molar-refractivity contribution in [3.05, 3.63) is 47.2 Å². The van der Waals surface area contributed by atoms with Crippen molar-refractivity contribution >= 4 is 17.5 Å². The molecule has 0 radical (unpaired) electrons. The van der Waals surface area contributed by atoms with Gasteiger partial charge >= 0.3 is 12.4 Å². The number of nitrogens with zero attached hydrogens (tertiary/aromatic N) is 4. The van der Waals surface area contributed by atoms with E-state index in [1.807, 2.05) is 0 Å². The summed E-state index contributed by atoms with van der Waals surface area (Å²) in [7, 11) is 0. The number of amides is 2. The lowest BCUT2D eigenvalue weighted by Gasteiger charge is -2.33. The van der Waals surface area contributed by atoms with Crippen molar-refractivity contribution in [1.82, 2.24) is 30.4 Å². The molecule has 2 aliphatic rings. The summed E-state index contributed by atoms with van der Waals surface area (Å²) in [6.45, 7) is 0. The first-order valence-electron chi connectivity index (χ1n) is 14.5. The third-order valence-corrected chi connectivity index (χ3v) is 8.14. The summed E-state index contributed by atoms with van der Waals surface area (Å²) in [5, 5.41) is 13.2. The maximum absolute atomic E-state index is 14.0. The van der Waals surface area contributed by atoms with E-state index >= 15 is 0 Å². The van der Waals surface area contributed by atoms with Gasteiger partial charge in [0.2, 0.25) is 11.8 Å². The van der Waals surface area contributed by atoms with Crippen LogP contribution in [0.15, 0.2) is 29.2 Å². The van der Waals surface area contributed by atoms with Gasteiger partial charge in [-0.25, -0.2) is 18.3 Å². The molecular formula is C28H30F8N6O3. The molecule has 0 aromatic carbocycles. The molecule has 0 spiro atoms. The second kappa shape index (κ2) is 12.5. The van der Waals surface area contributed by atoms with Gasteiger partial charge in [0.25, 0.3) is 5.91 Å². The monoisotopic (exact) mass is 650 g/mol. The van der Waals surface area contributed by atoms with Gasteiger partial charge in [-0.05, 0) is 49.1 Å². The van der Waals surface area contributed by atoms with E-state index < -0.39 is 86.6 Å². The summed E-state index contributed by atoms with van der Waals surface area (Å²) in [6.07, 6.45) is -8.20. The SMILES string of the molecule is O=C(CCC(F)(F)F)NC(c1cnn2cc([C@@H](NC(=O)c3conc3CCC(F)(F)F)C3CCC(F)(F)CC3)nc2c1)C1CC1. The minimum atomic E-state index is -4.49. The molecule has 1 unspecified atom stereocenters. The Balaban J connectivity index is 1.39. The lowest BCUT2D eigenvalue weighted by molar-refractivity contribution is -0.144. The molecule has 5 rings (SSSR count). The van der Waals surface area contributed by atoms with E-state index in [1.54, 1.807) is 6.07 Å². The molecule has 246 valence electrons. The normalized spacial score (nSPS) is 18.9. The van der Waals surface area contributed by atoms with Crippen LogP contribution in [-0.4, -0.2) is 49.8 Å². The second-order valence-electron chi connectivity index (χ2n) is 11.7. The fourth-order valence-electron chi connectivity index (χ4n) is 5.57. The number of rotatable bonds is 11. The summed E-state index contributed by atoms with van der Waals surface area (Å²) in [5.74, 6) is -4.93. The Morgan fingerprint density at radius 3 is 2.29 bits per heavy atom. The van der Waals surface area contributed by atoms with Gasteiger partial charge in [-0.1, -0.05) is 5.16 Å². The highest BCUT2D eigenvalue weighted by Crippen LogP contribution is 2.43. The number of imidazole rings is 1. The molecule has 2 atom stereocenters. The van der Waals surface area contributed by atoms with E-state index in [1.165, 1.54) is 16.9 Å². The number of carbonyl (C=O) groups excluding carboxylic acids is 2. The molecule has 2 fully saturated rings. The zero-order valence-corrected chi connectivity index (χ0v) is 23.7. The summed E-state index contributed by atoms with van der Waals surface area (Å²) >= 11 is 0. The number of carbonyl (C=O) groups is 2. The van der Waals surface area contributed by atoms with E-state index in [-0.39, 0.29) is 41.4 Å². The zero-order chi connectivity index (χ0) is 32.6. The Morgan fingerprint density at radius 1 is 0.978 bits per heavy atom. The van der Waals surface area contributed by atoms with Crippen molar-refractivity contribution in [2.75, 3.05) is 0 Å². The topological polar surface area (TPSA) is 114 Å². The highest BCUT2D eigenvalue weighted by molar-refractivity contribution is 5.95. The maximum atomic E-state index is 14.0. The Bertz CT molecular complexity index is 1500. The van der Waals surface area contributed by atoms with Crippen LogP contribution in [0.3, 0.4) is 0 Å². The molecule has 45 heavy (non-hydrogen) atoms. The third-order valence-electron chi connectivity index (χ3n) is 8.14. The second-order valence-corrected chi connectivity index (χ2v) is 11.7. The number of alkyl halides is 8. The van der Waals surface area contributed by atoms with E-state index in [0.717, 1.165) is 19.1 Å². The van der Waals surface area contributed by atoms with Crippen molar-refractivity contribution in [2.45, 2.75) is 94.6 Å². The Kier molecular flexibility index (Phi) is 9.08. The van der Waals surface area contributed by atoms with Crippen molar-refractivity contribution in [2.24, 2.45) is 11.8 Å². The van der Waals surface area contributed by atoms with Crippen LogP contribution in [0.1, 0.15) is 97.2 Å². The number of aryl methyl sites for hydroxylation is 1. The third kappa shape index (κ3) is 8.69. The number of nitrogens with one attached hydrogen (secondary N) is 2. The lowest BCUT2D eigenvalue weighted by atomic mass is 9.81. The van der Waals surface area contributed by atoms with E-state index in [0.29, 0.717) is 5.56 Å². The highest BCUT2D eigenvalue weighted by Gasteiger charge is 2.40. The molecule has 0 bridgehead atoms. The average molecular weight is 651 g/mol. The minimum Gasteiger partial charge on any atom is -0.364 e. The van der Waals surface area contributed by atoms with Gasteiger partial charge in [0.1, 0.15) is 11.8 Å². The predicted molar refractivity (Wildman–Crippen MR) is 140 cm³/mol. The molecule has 0 aliphatic heterocycles. The van der Waals surface area contributed by atoms with Gasteiger partial charge < -0.3 is 15.2 Å². The van der Waals surface area contributed by atoms with Crippen LogP contribution in [0.2, 0.25) is 0 Å². The first-order valence-corrected chi connectivity index (χ1v) is 14.5. The van der Waals surface area contributed by atoms with Crippen LogP contribution in [-0.2, 0) is 11.2 Å². The van der Waals surface area contributed by atoms with Gasteiger partial charge in [0, 0.05) is 32.1 Å². The molecule has 3 aromatic rings. The zero-order valence-electron chi connectivity index (χ0n) is 23.7. The molecule has 3 heterocycles. The standard InChI is InChI=1S/C28H30F8N6O3/c29-26(30)7-3-16(4-8-26)24(40-25(44)18-14-45-41-19(18)5-9-27(31,32)33)20-13-42-21(38-20)11-17(12-37-42)23(15-1-2-15)39-22(43)6-10-28(34,35)36/h11-16,23-24H,1-10H2,(H,39,43)(H,40,44)/t23?,24-/m0/s1. The van der Waals surface area contributed by atoms with E-state index in [2.05, 4.69) is 25.9 Å². The molecule has 3 aromatic heterocycles.